The summed E-state index contributed by atoms with van der Waals surface area (Å²) in [6.45, 7) is 9.61. The third-order valence-electron chi connectivity index (χ3n) is 4.30. The Kier molecular flexibility index (Phi) is 8.80. The number of ether oxygens (including phenoxy) is 2. The van der Waals surface area contributed by atoms with E-state index < -0.39 is 6.10 Å². The van der Waals surface area contributed by atoms with Crippen molar-refractivity contribution in [3.05, 3.63) is 59.2 Å². The number of aliphatic imine (C=N–C) groups is 1. The monoisotopic (exact) mass is 399 g/mol. The van der Waals surface area contributed by atoms with Gasteiger partial charge in [-0.25, -0.2) is 4.99 Å². The second-order valence-electron chi connectivity index (χ2n) is 7.13. The molecule has 6 nitrogen and oxygen atoms in total. The van der Waals surface area contributed by atoms with Gasteiger partial charge in [0.2, 0.25) is 0 Å². The summed E-state index contributed by atoms with van der Waals surface area (Å²) in [5, 5.41) is 17.0. The van der Waals surface area contributed by atoms with E-state index in [4.69, 9.17) is 9.47 Å². The van der Waals surface area contributed by atoms with Crippen LogP contribution in [0.1, 0.15) is 43.6 Å². The molecule has 0 aliphatic carbocycles. The molecule has 2 rings (SSSR count). The van der Waals surface area contributed by atoms with Gasteiger partial charge in [-0.1, -0.05) is 24.3 Å². The van der Waals surface area contributed by atoms with Crippen LogP contribution >= 0.6 is 0 Å². The highest BCUT2D eigenvalue weighted by molar-refractivity contribution is 5.79. The molecule has 0 aliphatic heterocycles. The van der Waals surface area contributed by atoms with E-state index in [1.165, 1.54) is 0 Å². The molecule has 0 radical (unpaired) electrons. The Morgan fingerprint density at radius 3 is 2.59 bits per heavy atom. The Morgan fingerprint density at radius 2 is 1.93 bits per heavy atom. The quantitative estimate of drug-likeness (QED) is 0.444. The van der Waals surface area contributed by atoms with E-state index in [1.807, 2.05) is 64.1 Å². The van der Waals surface area contributed by atoms with E-state index in [-0.39, 0.29) is 6.10 Å². The van der Waals surface area contributed by atoms with Crippen LogP contribution in [0.5, 0.6) is 11.5 Å². The summed E-state index contributed by atoms with van der Waals surface area (Å²) in [5.41, 5.74) is 2.98. The molecule has 1 atom stereocenters. The van der Waals surface area contributed by atoms with Crippen LogP contribution in [0.4, 0.5) is 0 Å². The molecule has 0 spiro atoms. The van der Waals surface area contributed by atoms with E-state index in [1.54, 1.807) is 7.11 Å². The van der Waals surface area contributed by atoms with Gasteiger partial charge in [-0.15, -0.1) is 0 Å². The standard InChI is InChI=1S/C23H33N3O3/c1-6-24-23(25-14-18-10-11-22(28-5)17(4)12-18)26-15-21(27)19-8-7-9-20(13-19)29-16(2)3/h7-13,16,21,27H,6,14-15H2,1-5H3,(H2,24,25,26). The fourth-order valence-electron chi connectivity index (χ4n) is 2.93. The lowest BCUT2D eigenvalue weighted by Crippen LogP contribution is -2.39. The summed E-state index contributed by atoms with van der Waals surface area (Å²) >= 11 is 0. The molecule has 29 heavy (non-hydrogen) atoms. The van der Waals surface area contributed by atoms with Crippen LogP contribution < -0.4 is 20.1 Å². The van der Waals surface area contributed by atoms with Crippen molar-refractivity contribution in [3.8, 4) is 11.5 Å². The molecule has 0 heterocycles. The maximum Gasteiger partial charge on any atom is 0.191 e. The lowest BCUT2D eigenvalue weighted by atomic mass is 10.1. The molecule has 0 aromatic heterocycles. The van der Waals surface area contributed by atoms with Crippen molar-refractivity contribution in [2.24, 2.45) is 4.99 Å². The first-order chi connectivity index (χ1) is 13.9. The number of aliphatic hydroxyl groups excluding tert-OH is 1. The summed E-state index contributed by atoms with van der Waals surface area (Å²) in [6, 6.07) is 13.6. The van der Waals surface area contributed by atoms with Gasteiger partial charge >= 0.3 is 0 Å². The first-order valence-electron chi connectivity index (χ1n) is 10.0. The van der Waals surface area contributed by atoms with Gasteiger partial charge in [0, 0.05) is 13.1 Å². The number of rotatable bonds is 9. The number of benzene rings is 2. The minimum atomic E-state index is -0.669. The Hall–Kier alpha value is -2.73. The highest BCUT2D eigenvalue weighted by Gasteiger charge is 2.10. The molecule has 3 N–H and O–H groups in total. The number of aryl methyl sites for hydroxylation is 1. The maximum absolute atomic E-state index is 10.6. The van der Waals surface area contributed by atoms with Crippen LogP contribution in [-0.2, 0) is 6.54 Å². The molecule has 0 bridgehead atoms. The Morgan fingerprint density at radius 1 is 1.14 bits per heavy atom. The molecule has 6 heteroatoms. The minimum Gasteiger partial charge on any atom is -0.496 e. The van der Waals surface area contributed by atoms with Crippen LogP contribution in [0.2, 0.25) is 0 Å². The number of nitrogens with one attached hydrogen (secondary N) is 2. The zero-order chi connectivity index (χ0) is 21.2. The number of hydrogen-bond acceptors (Lipinski definition) is 4. The molecule has 2 aromatic carbocycles. The summed E-state index contributed by atoms with van der Waals surface area (Å²) in [4.78, 5) is 4.62. The Bertz CT molecular complexity index is 806. The predicted octanol–water partition coefficient (Wildman–Crippen LogP) is 3.58. The van der Waals surface area contributed by atoms with Crippen molar-refractivity contribution in [2.75, 3.05) is 20.2 Å². The maximum atomic E-state index is 10.6. The zero-order valence-electron chi connectivity index (χ0n) is 18.0. The highest BCUT2D eigenvalue weighted by Crippen LogP contribution is 2.20. The molecule has 0 fully saturated rings. The molecule has 0 saturated carbocycles. The van der Waals surface area contributed by atoms with Crippen LogP contribution in [0.25, 0.3) is 0 Å². The molecular weight excluding hydrogens is 366 g/mol. The third kappa shape index (κ3) is 7.31. The van der Waals surface area contributed by atoms with Gasteiger partial charge in [-0.3, -0.25) is 0 Å². The number of nitrogens with zero attached hydrogens (tertiary/aromatic N) is 1. The van der Waals surface area contributed by atoms with Crippen molar-refractivity contribution in [1.29, 1.82) is 0 Å². The average molecular weight is 400 g/mol. The van der Waals surface area contributed by atoms with Gasteiger partial charge < -0.3 is 25.2 Å². The van der Waals surface area contributed by atoms with Gasteiger partial charge in [0.15, 0.2) is 5.96 Å². The lowest BCUT2D eigenvalue weighted by molar-refractivity contribution is 0.179. The van der Waals surface area contributed by atoms with E-state index in [0.29, 0.717) is 19.0 Å². The third-order valence-corrected chi connectivity index (χ3v) is 4.30. The van der Waals surface area contributed by atoms with Gasteiger partial charge in [0.05, 0.1) is 25.9 Å². The van der Waals surface area contributed by atoms with Crippen molar-refractivity contribution in [1.82, 2.24) is 10.6 Å². The highest BCUT2D eigenvalue weighted by atomic mass is 16.5. The lowest BCUT2D eigenvalue weighted by Gasteiger charge is -2.17. The second kappa shape index (κ2) is 11.3. The zero-order valence-corrected chi connectivity index (χ0v) is 18.0. The van der Waals surface area contributed by atoms with E-state index in [9.17, 15) is 5.11 Å². The first-order valence-corrected chi connectivity index (χ1v) is 10.0. The Labute approximate surface area is 174 Å². The van der Waals surface area contributed by atoms with E-state index in [0.717, 1.165) is 34.7 Å². The van der Waals surface area contributed by atoms with Crippen LogP contribution in [0, 0.1) is 6.92 Å². The number of guanidine groups is 1. The Balaban J connectivity index is 1.99. The smallest absolute Gasteiger partial charge is 0.191 e. The number of aliphatic hydroxyl groups is 1. The van der Waals surface area contributed by atoms with Crippen molar-refractivity contribution >= 4 is 5.96 Å². The summed E-state index contributed by atoms with van der Waals surface area (Å²) in [6.07, 6.45) is -0.576. The minimum absolute atomic E-state index is 0.0922. The van der Waals surface area contributed by atoms with Crippen molar-refractivity contribution in [2.45, 2.75) is 46.4 Å². The largest absolute Gasteiger partial charge is 0.496 e. The van der Waals surface area contributed by atoms with Crippen LogP contribution in [0.3, 0.4) is 0 Å². The van der Waals surface area contributed by atoms with Gasteiger partial charge in [-0.05, 0) is 62.6 Å². The molecule has 0 aliphatic rings. The van der Waals surface area contributed by atoms with E-state index in [2.05, 4.69) is 21.7 Å². The van der Waals surface area contributed by atoms with Crippen molar-refractivity contribution < 1.29 is 14.6 Å². The van der Waals surface area contributed by atoms with E-state index >= 15 is 0 Å². The summed E-state index contributed by atoms with van der Waals surface area (Å²) in [7, 11) is 1.67. The molecule has 0 saturated heterocycles. The van der Waals surface area contributed by atoms with Gasteiger partial charge in [0.25, 0.3) is 0 Å². The average Bonchev–Trinajstić information content (AvgIpc) is 2.69. The summed E-state index contributed by atoms with van der Waals surface area (Å²) in [5.74, 6) is 2.29. The predicted molar refractivity (Wildman–Crippen MR) is 118 cm³/mol. The summed E-state index contributed by atoms with van der Waals surface area (Å²) < 4.78 is 11.0. The normalized spacial score (nSPS) is 12.6. The number of hydrogen-bond donors (Lipinski definition) is 3. The van der Waals surface area contributed by atoms with Gasteiger partial charge in [-0.2, -0.15) is 0 Å². The van der Waals surface area contributed by atoms with Crippen LogP contribution in [-0.4, -0.2) is 37.4 Å². The fraction of sp³-hybridized carbons (Fsp3) is 0.435. The molecule has 2 aromatic rings. The molecule has 0 amide bonds. The second-order valence-corrected chi connectivity index (χ2v) is 7.13. The molecule has 1 unspecified atom stereocenters. The number of methoxy groups -OCH3 is 1. The first kappa shape index (κ1) is 22.6. The SMILES string of the molecule is CCNC(=NCc1ccc(OC)c(C)c1)NCC(O)c1cccc(OC(C)C)c1. The van der Waals surface area contributed by atoms with Gasteiger partial charge in [0.1, 0.15) is 11.5 Å². The molecular formula is C23H33N3O3. The topological polar surface area (TPSA) is 75.1 Å². The molecule has 158 valence electrons. The van der Waals surface area contributed by atoms with Crippen molar-refractivity contribution in [3.63, 3.8) is 0 Å². The van der Waals surface area contributed by atoms with Crippen LogP contribution in [0.15, 0.2) is 47.5 Å². The fourth-order valence-corrected chi connectivity index (χ4v) is 2.93.